The van der Waals surface area contributed by atoms with E-state index < -0.39 is 17.8 Å². The molecule has 0 amide bonds. The van der Waals surface area contributed by atoms with Gasteiger partial charge in [-0.25, -0.2) is 14.8 Å². The van der Waals surface area contributed by atoms with Gasteiger partial charge < -0.3 is 19.3 Å². The van der Waals surface area contributed by atoms with Crippen LogP contribution in [0.2, 0.25) is 0 Å². The third-order valence-electron chi connectivity index (χ3n) is 8.15. The van der Waals surface area contributed by atoms with Crippen molar-refractivity contribution in [3.63, 3.8) is 0 Å². The van der Waals surface area contributed by atoms with Crippen molar-refractivity contribution in [3.05, 3.63) is 65.3 Å². The van der Waals surface area contributed by atoms with E-state index in [9.17, 15) is 23.1 Å². The summed E-state index contributed by atoms with van der Waals surface area (Å²) in [5.74, 6) is 1.82. The number of allylic oxidation sites excluding steroid dienone is 1. The maximum absolute atomic E-state index is 13.7. The maximum atomic E-state index is 13.7. The molecule has 1 N–H and O–H groups in total. The molecule has 7 rings (SSSR count). The van der Waals surface area contributed by atoms with Crippen LogP contribution < -0.4 is 9.64 Å². The van der Waals surface area contributed by atoms with Gasteiger partial charge in [0.25, 0.3) is 0 Å². The molecule has 4 aromatic rings. The fourth-order valence-electron chi connectivity index (χ4n) is 5.89. The van der Waals surface area contributed by atoms with Crippen LogP contribution in [0.15, 0.2) is 47.1 Å². The number of piperidine rings is 1. The molecule has 12 heteroatoms. The molecule has 2 aliphatic carbocycles. The number of carboxylic acids is 1. The SMILES string of the molecule is COc1cc(C(=O)O)nc2ccc(N3CC4C(C=Cc5c(-c6cccnc6C(F)(F)F)noc5C5CC5)C4C3)nc12. The number of alkyl halides is 3. The van der Waals surface area contributed by atoms with Gasteiger partial charge in [0.05, 0.1) is 12.6 Å². The van der Waals surface area contributed by atoms with Gasteiger partial charge in [0.2, 0.25) is 0 Å². The Morgan fingerprint density at radius 2 is 1.95 bits per heavy atom. The van der Waals surface area contributed by atoms with Crippen molar-refractivity contribution in [2.45, 2.75) is 24.9 Å². The number of fused-ring (bicyclic) bond motifs is 2. The zero-order chi connectivity index (χ0) is 28.5. The predicted molar refractivity (Wildman–Crippen MR) is 141 cm³/mol. The first-order valence-corrected chi connectivity index (χ1v) is 13.3. The molecular weight excluding hydrogens is 539 g/mol. The Morgan fingerprint density at radius 3 is 2.63 bits per heavy atom. The first-order valence-electron chi connectivity index (χ1n) is 13.3. The summed E-state index contributed by atoms with van der Waals surface area (Å²) in [5.41, 5.74) is 0.537. The third kappa shape index (κ3) is 4.47. The third-order valence-corrected chi connectivity index (χ3v) is 8.15. The van der Waals surface area contributed by atoms with Gasteiger partial charge in [0, 0.05) is 42.4 Å². The van der Waals surface area contributed by atoms with Crippen LogP contribution in [-0.4, -0.2) is 51.4 Å². The summed E-state index contributed by atoms with van der Waals surface area (Å²) in [6.07, 6.45) is 2.33. The molecule has 0 bridgehead atoms. The Labute approximate surface area is 231 Å². The summed E-state index contributed by atoms with van der Waals surface area (Å²) in [6.45, 7) is 1.54. The van der Waals surface area contributed by atoms with E-state index in [1.54, 1.807) is 6.07 Å². The molecule has 9 nitrogen and oxygen atoms in total. The van der Waals surface area contributed by atoms with Crippen molar-refractivity contribution in [2.75, 3.05) is 25.1 Å². The highest BCUT2D eigenvalue weighted by Crippen LogP contribution is 2.54. The summed E-state index contributed by atoms with van der Waals surface area (Å²) in [6, 6.07) is 7.79. The van der Waals surface area contributed by atoms with Crippen LogP contribution >= 0.6 is 0 Å². The quantitative estimate of drug-likeness (QED) is 0.303. The molecule has 2 saturated carbocycles. The number of hydrogen-bond acceptors (Lipinski definition) is 8. The van der Waals surface area contributed by atoms with Gasteiger partial charge in [0.1, 0.15) is 28.5 Å². The van der Waals surface area contributed by atoms with Crippen molar-refractivity contribution < 1.29 is 32.3 Å². The van der Waals surface area contributed by atoms with Gasteiger partial charge in [-0.1, -0.05) is 17.3 Å². The molecule has 0 aromatic carbocycles. The van der Waals surface area contributed by atoms with E-state index in [1.165, 1.54) is 25.3 Å². The highest BCUT2D eigenvalue weighted by atomic mass is 19.4. The molecule has 2 unspecified atom stereocenters. The van der Waals surface area contributed by atoms with Crippen LogP contribution in [0.3, 0.4) is 0 Å². The van der Waals surface area contributed by atoms with Crippen molar-refractivity contribution in [2.24, 2.45) is 17.8 Å². The molecular formula is C29H24F3N5O4. The fourth-order valence-corrected chi connectivity index (χ4v) is 5.89. The Kier molecular flexibility index (Phi) is 5.77. The van der Waals surface area contributed by atoms with Crippen LogP contribution in [0, 0.1) is 17.8 Å². The number of aromatic carboxylic acids is 1. The number of rotatable bonds is 7. The summed E-state index contributed by atoms with van der Waals surface area (Å²) >= 11 is 0. The highest BCUT2D eigenvalue weighted by molar-refractivity contribution is 5.92. The number of ether oxygens (including phenoxy) is 1. The van der Waals surface area contributed by atoms with Gasteiger partial charge in [-0.05, 0) is 54.9 Å². The minimum Gasteiger partial charge on any atom is -0.494 e. The second kappa shape index (κ2) is 9.28. The van der Waals surface area contributed by atoms with Crippen molar-refractivity contribution in [1.82, 2.24) is 20.1 Å². The molecule has 0 radical (unpaired) electrons. The largest absolute Gasteiger partial charge is 0.494 e. The normalized spacial score (nSPS) is 22.0. The monoisotopic (exact) mass is 563 g/mol. The smallest absolute Gasteiger partial charge is 0.434 e. The minimum atomic E-state index is -4.61. The Morgan fingerprint density at radius 1 is 1.17 bits per heavy atom. The number of carbonyl (C=O) groups is 1. The number of carboxylic acid groups (broad SMARTS) is 1. The maximum Gasteiger partial charge on any atom is 0.434 e. The molecule has 0 spiro atoms. The molecule has 1 saturated heterocycles. The standard InChI is InChI=1S/C29H24F3N5O4/c1-40-22-11-21(28(38)39)34-20-8-9-23(35-25(20)22)37-12-18-15(19(18)13-37)6-7-16-24(36-41-26(16)14-4-5-14)17-3-2-10-33-27(17)29(30,31)32/h2-3,6-11,14-15,18-19H,4-5,12-13H2,1H3,(H,38,39). The first-order chi connectivity index (χ1) is 19.7. The number of halogens is 3. The zero-order valence-corrected chi connectivity index (χ0v) is 21.8. The fraction of sp³-hybridized carbons (Fsp3) is 0.345. The predicted octanol–water partition coefficient (Wildman–Crippen LogP) is 5.68. The summed E-state index contributed by atoms with van der Waals surface area (Å²) in [7, 11) is 1.46. The van der Waals surface area contributed by atoms with Gasteiger partial charge in [-0.2, -0.15) is 13.2 Å². The van der Waals surface area contributed by atoms with E-state index in [0.29, 0.717) is 39.9 Å². The number of pyridine rings is 3. The first kappa shape index (κ1) is 25.5. The van der Waals surface area contributed by atoms with E-state index in [-0.39, 0.29) is 28.8 Å². The lowest BCUT2D eigenvalue weighted by Gasteiger charge is -2.21. The van der Waals surface area contributed by atoms with E-state index in [1.807, 2.05) is 12.1 Å². The van der Waals surface area contributed by atoms with E-state index in [2.05, 4.69) is 26.1 Å². The van der Waals surface area contributed by atoms with E-state index in [0.717, 1.165) is 37.9 Å². The summed E-state index contributed by atoms with van der Waals surface area (Å²) in [5, 5.41) is 13.4. The second-order valence-corrected chi connectivity index (χ2v) is 10.7. The number of methoxy groups -OCH3 is 1. The van der Waals surface area contributed by atoms with Crippen molar-refractivity contribution in [1.29, 1.82) is 0 Å². The topological polar surface area (TPSA) is 114 Å². The second-order valence-electron chi connectivity index (χ2n) is 10.7. The Hall–Kier alpha value is -4.48. The molecule has 3 aliphatic rings. The Bertz CT molecular complexity index is 1700. The highest BCUT2D eigenvalue weighted by Gasteiger charge is 2.54. The molecule has 3 fully saturated rings. The zero-order valence-electron chi connectivity index (χ0n) is 21.8. The van der Waals surface area contributed by atoms with Gasteiger partial charge in [0.15, 0.2) is 11.4 Å². The number of anilines is 1. The molecule has 1 aliphatic heterocycles. The summed E-state index contributed by atoms with van der Waals surface area (Å²) in [4.78, 5) is 26.0. The van der Waals surface area contributed by atoms with Crippen LogP contribution in [0.5, 0.6) is 5.75 Å². The van der Waals surface area contributed by atoms with Crippen LogP contribution in [0.25, 0.3) is 28.4 Å². The molecule has 41 heavy (non-hydrogen) atoms. The Balaban J connectivity index is 1.11. The molecule has 210 valence electrons. The van der Waals surface area contributed by atoms with Crippen LogP contribution in [-0.2, 0) is 6.18 Å². The minimum absolute atomic E-state index is 0.0831. The van der Waals surface area contributed by atoms with Gasteiger partial charge in [-0.15, -0.1) is 0 Å². The lowest BCUT2D eigenvalue weighted by atomic mass is 10.0. The van der Waals surface area contributed by atoms with Gasteiger partial charge >= 0.3 is 12.1 Å². The lowest BCUT2D eigenvalue weighted by molar-refractivity contribution is -0.140. The van der Waals surface area contributed by atoms with Crippen LogP contribution in [0.1, 0.15) is 46.3 Å². The average Bonchev–Trinajstić information content (AvgIpc) is 3.82. The molecule has 4 aromatic heterocycles. The summed E-state index contributed by atoms with van der Waals surface area (Å²) < 4.78 is 52.0. The van der Waals surface area contributed by atoms with E-state index in [4.69, 9.17) is 14.2 Å². The number of hydrogen-bond donors (Lipinski definition) is 1. The molecule has 2 atom stereocenters. The van der Waals surface area contributed by atoms with E-state index >= 15 is 0 Å². The van der Waals surface area contributed by atoms with Crippen LogP contribution in [0.4, 0.5) is 19.0 Å². The number of nitrogens with zero attached hydrogens (tertiary/aromatic N) is 5. The van der Waals surface area contributed by atoms with Gasteiger partial charge in [-0.3, -0.25) is 4.98 Å². The number of aromatic nitrogens is 4. The average molecular weight is 564 g/mol. The lowest BCUT2D eigenvalue weighted by Crippen LogP contribution is -2.24. The van der Waals surface area contributed by atoms with Crippen molar-refractivity contribution >= 4 is 28.9 Å². The molecule has 5 heterocycles. The van der Waals surface area contributed by atoms with Crippen molar-refractivity contribution in [3.8, 4) is 17.0 Å².